The lowest BCUT2D eigenvalue weighted by Crippen LogP contribution is -2.41. The second-order valence-corrected chi connectivity index (χ2v) is 13.4. The number of ether oxygens (including phenoxy) is 1. The maximum absolute atomic E-state index is 6.49. The van der Waals surface area contributed by atoms with Crippen LogP contribution in [0, 0.1) is 13.8 Å². The molecule has 8 heteroatoms. The maximum atomic E-state index is 6.49. The average molecular weight is 539 g/mol. The van der Waals surface area contributed by atoms with Gasteiger partial charge in [0.05, 0.1) is 33.8 Å². The summed E-state index contributed by atoms with van der Waals surface area (Å²) in [6.45, 7) is 20.8. The van der Waals surface area contributed by atoms with Crippen molar-refractivity contribution in [3.8, 4) is 11.5 Å². The summed E-state index contributed by atoms with van der Waals surface area (Å²) in [5, 5.41) is 0. The summed E-state index contributed by atoms with van der Waals surface area (Å²) < 4.78 is 32.1. The number of fused-ring (bicyclic) bond motifs is 2. The van der Waals surface area contributed by atoms with Crippen molar-refractivity contribution >= 4 is 42.2 Å². The van der Waals surface area contributed by atoms with Gasteiger partial charge in [0, 0.05) is 5.69 Å². The first-order valence-electron chi connectivity index (χ1n) is 14.1. The molecular formula is C32H39B2NO5. The molecule has 0 aliphatic carbocycles. The molecule has 3 aliphatic heterocycles. The van der Waals surface area contributed by atoms with E-state index in [1.807, 2.05) is 24.3 Å². The zero-order valence-electron chi connectivity index (χ0n) is 25.3. The third-order valence-corrected chi connectivity index (χ3v) is 9.31. The fourth-order valence-electron chi connectivity index (χ4n) is 5.41. The van der Waals surface area contributed by atoms with E-state index in [4.69, 9.17) is 23.4 Å². The number of anilines is 3. The van der Waals surface area contributed by atoms with E-state index >= 15 is 0 Å². The van der Waals surface area contributed by atoms with E-state index in [9.17, 15) is 0 Å². The topological polar surface area (TPSA) is 49.4 Å². The lowest BCUT2D eigenvalue weighted by Gasteiger charge is -2.34. The Kier molecular flexibility index (Phi) is 6.07. The van der Waals surface area contributed by atoms with Crippen LogP contribution >= 0.6 is 0 Å². The Bertz CT molecular complexity index is 1380. The second kappa shape index (κ2) is 8.86. The van der Waals surface area contributed by atoms with Crippen LogP contribution < -0.4 is 20.6 Å². The summed E-state index contributed by atoms with van der Waals surface area (Å²) >= 11 is 0. The first-order chi connectivity index (χ1) is 18.6. The minimum Gasteiger partial charge on any atom is -0.453 e. The molecule has 3 heterocycles. The molecule has 6 nitrogen and oxygen atoms in total. The number of aryl methyl sites for hydroxylation is 2. The predicted octanol–water partition coefficient (Wildman–Crippen LogP) is 6.48. The number of rotatable bonds is 3. The average Bonchev–Trinajstić information content (AvgIpc) is 3.22. The Morgan fingerprint density at radius 3 is 1.35 bits per heavy atom. The molecular weight excluding hydrogens is 500 g/mol. The van der Waals surface area contributed by atoms with Gasteiger partial charge >= 0.3 is 14.2 Å². The molecule has 2 fully saturated rings. The van der Waals surface area contributed by atoms with E-state index in [1.165, 1.54) is 11.1 Å². The van der Waals surface area contributed by atoms with Crippen molar-refractivity contribution in [3.05, 3.63) is 65.7 Å². The molecule has 3 aromatic carbocycles. The summed E-state index contributed by atoms with van der Waals surface area (Å²) in [7, 11) is -0.956. The smallest absolute Gasteiger partial charge is 0.453 e. The van der Waals surface area contributed by atoms with Gasteiger partial charge in [-0.25, -0.2) is 0 Å². The van der Waals surface area contributed by atoms with Gasteiger partial charge in [0.25, 0.3) is 0 Å². The molecule has 3 aromatic rings. The van der Waals surface area contributed by atoms with Gasteiger partial charge in [-0.1, -0.05) is 29.8 Å². The van der Waals surface area contributed by atoms with Crippen molar-refractivity contribution in [2.24, 2.45) is 0 Å². The van der Waals surface area contributed by atoms with Gasteiger partial charge in [0.1, 0.15) is 0 Å². The van der Waals surface area contributed by atoms with Gasteiger partial charge in [0.2, 0.25) is 0 Å². The van der Waals surface area contributed by atoms with Gasteiger partial charge in [-0.05, 0) is 116 Å². The summed E-state index contributed by atoms with van der Waals surface area (Å²) in [6.07, 6.45) is 0. The molecule has 0 spiro atoms. The highest BCUT2D eigenvalue weighted by Crippen LogP contribution is 2.51. The monoisotopic (exact) mass is 539 g/mol. The van der Waals surface area contributed by atoms with Crippen LogP contribution in [0.2, 0.25) is 0 Å². The number of hydrogen-bond acceptors (Lipinski definition) is 6. The first kappa shape index (κ1) is 27.4. The van der Waals surface area contributed by atoms with Crippen LogP contribution in [0.5, 0.6) is 11.5 Å². The van der Waals surface area contributed by atoms with Gasteiger partial charge < -0.3 is 28.3 Å². The number of benzene rings is 3. The van der Waals surface area contributed by atoms with Crippen LogP contribution in [-0.2, 0) is 18.6 Å². The second-order valence-electron chi connectivity index (χ2n) is 13.4. The molecule has 0 amide bonds. The summed E-state index contributed by atoms with van der Waals surface area (Å²) in [5.41, 5.74) is 5.49. The first-order valence-corrected chi connectivity index (χ1v) is 14.1. The number of nitrogens with zero attached hydrogens (tertiary/aromatic N) is 1. The van der Waals surface area contributed by atoms with Crippen LogP contribution in [0.1, 0.15) is 66.5 Å². The van der Waals surface area contributed by atoms with Crippen molar-refractivity contribution in [2.45, 2.75) is 91.6 Å². The van der Waals surface area contributed by atoms with Crippen LogP contribution in [0.3, 0.4) is 0 Å². The van der Waals surface area contributed by atoms with E-state index in [1.54, 1.807) is 0 Å². The molecule has 2 saturated heterocycles. The lowest BCUT2D eigenvalue weighted by molar-refractivity contribution is 0.00578. The Morgan fingerprint density at radius 2 is 0.950 bits per heavy atom. The molecule has 40 heavy (non-hydrogen) atoms. The highest BCUT2D eigenvalue weighted by molar-refractivity contribution is 6.62. The number of hydrogen-bond donors (Lipinski definition) is 0. The molecule has 0 bridgehead atoms. The highest BCUT2D eigenvalue weighted by Gasteiger charge is 2.53. The largest absolute Gasteiger partial charge is 0.494 e. The Morgan fingerprint density at radius 1 is 0.525 bits per heavy atom. The van der Waals surface area contributed by atoms with Crippen molar-refractivity contribution in [3.63, 3.8) is 0 Å². The zero-order valence-corrected chi connectivity index (χ0v) is 25.3. The van der Waals surface area contributed by atoms with Crippen LogP contribution in [-0.4, -0.2) is 36.6 Å². The Labute approximate surface area is 239 Å². The SMILES string of the molecule is Cc1ccc(N2c3cc(B4OC(C)(C)C(C)(C)O4)ccc3Oc3ccc(B4OC(C)(C)C(C)(C)O4)cc32)c(C)c1. The lowest BCUT2D eigenvalue weighted by atomic mass is 9.78. The standard InChI is InChI=1S/C32H39B2NO5/c1-20-11-14-24(21(2)17-20)35-25-18-22(33-37-29(3,4)30(5,6)38-33)12-15-27(25)36-28-16-13-23(19-26(28)35)34-39-31(7,8)32(9,10)40-34/h11-19H,1-10H3. The molecule has 0 N–H and O–H groups in total. The van der Waals surface area contributed by atoms with Gasteiger partial charge in [0.15, 0.2) is 11.5 Å². The van der Waals surface area contributed by atoms with Gasteiger partial charge in [-0.3, -0.25) is 0 Å². The summed E-state index contributed by atoms with van der Waals surface area (Å²) in [6, 6.07) is 18.9. The van der Waals surface area contributed by atoms with Gasteiger partial charge in [-0.2, -0.15) is 0 Å². The Balaban J connectivity index is 1.47. The fraction of sp³-hybridized carbons (Fsp3) is 0.438. The summed E-state index contributed by atoms with van der Waals surface area (Å²) in [4.78, 5) is 2.27. The normalized spacial score (nSPS) is 21.7. The fourth-order valence-corrected chi connectivity index (χ4v) is 5.41. The minimum absolute atomic E-state index is 0.429. The molecule has 0 radical (unpaired) electrons. The van der Waals surface area contributed by atoms with Crippen molar-refractivity contribution in [1.82, 2.24) is 0 Å². The van der Waals surface area contributed by atoms with Crippen LogP contribution in [0.15, 0.2) is 54.6 Å². The molecule has 6 rings (SSSR count). The molecule has 0 aromatic heterocycles. The van der Waals surface area contributed by atoms with E-state index in [-0.39, 0.29) is 0 Å². The minimum atomic E-state index is -0.478. The third kappa shape index (κ3) is 4.28. The van der Waals surface area contributed by atoms with E-state index in [2.05, 4.69) is 104 Å². The highest BCUT2D eigenvalue weighted by atomic mass is 16.7. The van der Waals surface area contributed by atoms with Gasteiger partial charge in [-0.15, -0.1) is 0 Å². The molecule has 0 saturated carbocycles. The predicted molar refractivity (Wildman–Crippen MR) is 162 cm³/mol. The summed E-state index contributed by atoms with van der Waals surface area (Å²) in [5.74, 6) is 1.55. The van der Waals surface area contributed by atoms with Crippen molar-refractivity contribution < 1.29 is 23.4 Å². The molecule has 0 atom stereocenters. The van der Waals surface area contributed by atoms with Crippen molar-refractivity contribution in [1.29, 1.82) is 0 Å². The Hall–Kier alpha value is -2.77. The molecule has 3 aliphatic rings. The quantitative estimate of drug-likeness (QED) is 0.278. The maximum Gasteiger partial charge on any atom is 0.494 e. The molecule has 0 unspecified atom stereocenters. The zero-order chi connectivity index (χ0) is 28.8. The van der Waals surface area contributed by atoms with E-state index < -0.39 is 36.6 Å². The van der Waals surface area contributed by atoms with E-state index in [0.717, 1.165) is 39.5 Å². The van der Waals surface area contributed by atoms with Crippen LogP contribution in [0.4, 0.5) is 17.1 Å². The molecule has 208 valence electrons. The third-order valence-electron chi connectivity index (χ3n) is 9.31. The van der Waals surface area contributed by atoms with Crippen LogP contribution in [0.25, 0.3) is 0 Å². The van der Waals surface area contributed by atoms with E-state index in [0.29, 0.717) is 0 Å². The van der Waals surface area contributed by atoms with Crippen molar-refractivity contribution in [2.75, 3.05) is 4.90 Å².